The van der Waals surface area contributed by atoms with Gasteiger partial charge in [-0.05, 0) is 37.8 Å². The molecule has 2 N–H and O–H groups in total. The lowest BCUT2D eigenvalue weighted by atomic mass is 9.80. The van der Waals surface area contributed by atoms with Crippen molar-refractivity contribution < 1.29 is 17.6 Å². The van der Waals surface area contributed by atoms with Crippen molar-refractivity contribution in [2.75, 3.05) is 6.16 Å². The molecule has 0 spiro atoms. The van der Waals surface area contributed by atoms with Gasteiger partial charge >= 0.3 is 0 Å². The first-order valence-corrected chi connectivity index (χ1v) is 11.1. The molecule has 1 aliphatic carbocycles. The molecule has 0 bridgehead atoms. The maximum atomic E-state index is 13.8. The smallest absolute Gasteiger partial charge is 0.176 e. The zero-order valence-electron chi connectivity index (χ0n) is 14.3. The molecule has 0 aliphatic heterocycles. The molecule has 8 heteroatoms. The predicted molar refractivity (Wildman–Crippen MR) is 104 cm³/mol. The molecule has 0 aromatic heterocycles. The van der Waals surface area contributed by atoms with Gasteiger partial charge in [-0.1, -0.05) is 32.5 Å². The van der Waals surface area contributed by atoms with Gasteiger partial charge < -0.3 is 5.73 Å². The maximum absolute atomic E-state index is 13.8. The summed E-state index contributed by atoms with van der Waals surface area (Å²) in [6.07, 6.45) is 3.34. The average Bonchev–Trinajstić information content (AvgIpc) is 2.57. The molecular formula is C17H24F4NPS2. The van der Waals surface area contributed by atoms with Crippen LogP contribution in [0.4, 0.5) is 17.6 Å². The summed E-state index contributed by atoms with van der Waals surface area (Å²) >= 11 is 5.34. The van der Waals surface area contributed by atoms with E-state index in [0.717, 1.165) is 37.6 Å². The van der Waals surface area contributed by atoms with Gasteiger partial charge in [0.2, 0.25) is 0 Å². The SMILES string of the molecule is C=C.Cc1c(F)c(F)c(SPCC2CCC(C)CC2(N)S)c(F)c1F. The quantitative estimate of drug-likeness (QED) is 0.157. The van der Waals surface area contributed by atoms with E-state index >= 15 is 0 Å². The Bertz CT molecular complexity index is 584. The molecule has 2 rings (SSSR count). The number of benzene rings is 1. The number of halogens is 4. The summed E-state index contributed by atoms with van der Waals surface area (Å²) < 4.78 is 54.8. The highest BCUT2D eigenvalue weighted by Gasteiger charge is 2.36. The summed E-state index contributed by atoms with van der Waals surface area (Å²) in [5, 5.41) is 0. The summed E-state index contributed by atoms with van der Waals surface area (Å²) in [6.45, 7) is 9.13. The Balaban J connectivity index is 0.00000151. The molecule has 1 aliphatic rings. The van der Waals surface area contributed by atoms with Crippen LogP contribution in [0, 0.1) is 42.0 Å². The molecule has 1 fully saturated rings. The van der Waals surface area contributed by atoms with Gasteiger partial charge in [-0.25, -0.2) is 17.6 Å². The Kier molecular flexibility index (Phi) is 8.79. The molecule has 1 aromatic rings. The highest BCUT2D eigenvalue weighted by Crippen LogP contribution is 2.47. The summed E-state index contributed by atoms with van der Waals surface area (Å²) in [5.41, 5.74) is 5.58. The van der Waals surface area contributed by atoms with Crippen LogP contribution in [0.3, 0.4) is 0 Å². The van der Waals surface area contributed by atoms with Crippen molar-refractivity contribution >= 4 is 31.8 Å². The molecule has 0 heterocycles. The van der Waals surface area contributed by atoms with Crippen molar-refractivity contribution in [1.82, 2.24) is 0 Å². The fourth-order valence-electron chi connectivity index (χ4n) is 2.87. The van der Waals surface area contributed by atoms with Crippen LogP contribution in [-0.4, -0.2) is 11.0 Å². The fourth-order valence-corrected chi connectivity index (χ4v) is 6.75. The summed E-state index contributed by atoms with van der Waals surface area (Å²) in [7, 11) is 0.0561. The monoisotopic (exact) mass is 413 g/mol. The lowest BCUT2D eigenvalue weighted by Crippen LogP contribution is -2.47. The van der Waals surface area contributed by atoms with E-state index in [9.17, 15) is 17.6 Å². The predicted octanol–water partition coefficient (Wildman–Crippen LogP) is 6.06. The van der Waals surface area contributed by atoms with Crippen LogP contribution in [-0.2, 0) is 0 Å². The van der Waals surface area contributed by atoms with Crippen LogP contribution >= 0.6 is 31.8 Å². The molecule has 25 heavy (non-hydrogen) atoms. The first kappa shape index (κ1) is 22.8. The van der Waals surface area contributed by atoms with Crippen molar-refractivity contribution in [3.63, 3.8) is 0 Å². The number of nitrogens with two attached hydrogens (primary N) is 1. The third-order valence-electron chi connectivity index (χ3n) is 4.34. The molecule has 4 unspecified atom stereocenters. The molecule has 142 valence electrons. The van der Waals surface area contributed by atoms with Crippen LogP contribution in [0.5, 0.6) is 0 Å². The topological polar surface area (TPSA) is 26.0 Å². The normalized spacial score (nSPS) is 26.6. The minimum Gasteiger partial charge on any atom is -0.317 e. The van der Waals surface area contributed by atoms with Crippen LogP contribution in [0.2, 0.25) is 0 Å². The summed E-state index contributed by atoms with van der Waals surface area (Å²) in [6, 6.07) is 0. The second kappa shape index (κ2) is 9.63. The van der Waals surface area contributed by atoms with E-state index in [2.05, 4.69) is 32.7 Å². The van der Waals surface area contributed by atoms with Gasteiger partial charge in [-0.15, -0.1) is 13.2 Å². The van der Waals surface area contributed by atoms with E-state index in [4.69, 9.17) is 5.73 Å². The van der Waals surface area contributed by atoms with Crippen molar-refractivity contribution in [3.05, 3.63) is 42.0 Å². The Hall–Kier alpha value is -0.230. The summed E-state index contributed by atoms with van der Waals surface area (Å²) in [4.78, 5) is -1.19. The Morgan fingerprint density at radius 1 is 1.16 bits per heavy atom. The summed E-state index contributed by atoms with van der Waals surface area (Å²) in [5.74, 6) is -4.67. The molecule has 1 nitrogen and oxygen atoms in total. The van der Waals surface area contributed by atoms with E-state index in [1.807, 2.05) is 0 Å². The molecule has 0 amide bonds. The molecule has 4 atom stereocenters. The number of thiol groups is 1. The Labute approximate surface area is 158 Å². The third kappa shape index (κ3) is 5.38. The van der Waals surface area contributed by atoms with Gasteiger partial charge in [0, 0.05) is 5.56 Å². The van der Waals surface area contributed by atoms with Gasteiger partial charge in [-0.2, -0.15) is 12.6 Å². The van der Waals surface area contributed by atoms with Gasteiger partial charge in [0.1, 0.15) is 0 Å². The first-order valence-electron chi connectivity index (χ1n) is 7.88. The van der Waals surface area contributed by atoms with Gasteiger partial charge in [0.15, 0.2) is 23.3 Å². The lowest BCUT2D eigenvalue weighted by molar-refractivity contribution is 0.246. The fraction of sp³-hybridized carbons (Fsp3) is 0.529. The molecular weight excluding hydrogens is 389 g/mol. The highest BCUT2D eigenvalue weighted by atomic mass is 32.7. The molecule has 0 saturated heterocycles. The number of hydrogen-bond donors (Lipinski definition) is 2. The first-order chi connectivity index (χ1) is 11.6. The highest BCUT2D eigenvalue weighted by molar-refractivity contribution is 8.49. The van der Waals surface area contributed by atoms with Crippen LogP contribution in [0.1, 0.15) is 31.7 Å². The molecule has 1 aromatic carbocycles. The molecule has 0 radical (unpaired) electrons. The van der Waals surface area contributed by atoms with Crippen LogP contribution < -0.4 is 5.73 Å². The largest absolute Gasteiger partial charge is 0.317 e. The van der Waals surface area contributed by atoms with E-state index in [0.29, 0.717) is 12.1 Å². The van der Waals surface area contributed by atoms with Crippen molar-refractivity contribution in [2.24, 2.45) is 17.6 Å². The van der Waals surface area contributed by atoms with E-state index in [-0.39, 0.29) is 13.7 Å². The van der Waals surface area contributed by atoms with Crippen molar-refractivity contribution in [2.45, 2.75) is 42.9 Å². The number of hydrogen-bond acceptors (Lipinski definition) is 3. The van der Waals surface area contributed by atoms with Crippen LogP contribution in [0.25, 0.3) is 0 Å². The Morgan fingerprint density at radius 2 is 1.68 bits per heavy atom. The Morgan fingerprint density at radius 3 is 2.16 bits per heavy atom. The minimum absolute atomic E-state index is 0.0561. The maximum Gasteiger partial charge on any atom is 0.176 e. The van der Waals surface area contributed by atoms with Gasteiger partial charge in [-0.3, -0.25) is 0 Å². The van der Waals surface area contributed by atoms with Gasteiger partial charge in [0.25, 0.3) is 0 Å². The van der Waals surface area contributed by atoms with E-state index < -0.39 is 38.6 Å². The zero-order valence-corrected chi connectivity index (χ0v) is 17.1. The van der Waals surface area contributed by atoms with E-state index in [1.54, 1.807) is 0 Å². The average molecular weight is 413 g/mol. The second-order valence-electron chi connectivity index (χ2n) is 6.24. The molecule has 1 saturated carbocycles. The van der Waals surface area contributed by atoms with Gasteiger partial charge in [0.05, 0.1) is 9.77 Å². The minimum atomic E-state index is -1.33. The van der Waals surface area contributed by atoms with E-state index in [1.165, 1.54) is 0 Å². The van der Waals surface area contributed by atoms with Crippen molar-refractivity contribution in [3.8, 4) is 0 Å². The second-order valence-corrected chi connectivity index (χ2v) is 9.86. The third-order valence-corrected chi connectivity index (χ3v) is 7.80. The lowest BCUT2D eigenvalue weighted by Gasteiger charge is -2.40. The zero-order chi connectivity index (χ0) is 19.4. The standard InChI is InChI=1S/C15H20F4NPS2.C2H4/c1-7-3-4-9(15(20,22)5-7)6-21-23-14-12(18)10(16)8(2)11(17)13(14)19;1-2/h7,9,21-22H,3-6,20H2,1-2H3;1-2H2. The van der Waals surface area contributed by atoms with Crippen LogP contribution in [0.15, 0.2) is 18.1 Å². The number of rotatable bonds is 4. The van der Waals surface area contributed by atoms with Crippen molar-refractivity contribution in [1.29, 1.82) is 0 Å².